The number of hydrogen-bond donors (Lipinski definition) is 0. The largest absolute Gasteiger partial charge is 0.337 e. The van der Waals surface area contributed by atoms with Gasteiger partial charge in [0.25, 0.3) is 5.91 Å². The first kappa shape index (κ1) is 14.9. The quantitative estimate of drug-likeness (QED) is 0.709. The third kappa shape index (κ3) is 3.10. The Morgan fingerprint density at radius 1 is 1.23 bits per heavy atom. The van der Waals surface area contributed by atoms with E-state index in [1.165, 1.54) is 11.3 Å². The van der Waals surface area contributed by atoms with Gasteiger partial charge >= 0.3 is 0 Å². The molecule has 0 radical (unpaired) electrons. The summed E-state index contributed by atoms with van der Waals surface area (Å²) in [5, 5.41) is 4.99. The highest BCUT2D eigenvalue weighted by Crippen LogP contribution is 2.30. The van der Waals surface area contributed by atoms with Crippen molar-refractivity contribution in [1.82, 2.24) is 9.88 Å². The van der Waals surface area contributed by atoms with Crippen molar-refractivity contribution in [2.24, 2.45) is 0 Å². The van der Waals surface area contributed by atoms with Crippen molar-refractivity contribution in [2.75, 3.05) is 7.05 Å². The smallest absolute Gasteiger partial charge is 0.265 e. The minimum Gasteiger partial charge on any atom is -0.337 e. The van der Waals surface area contributed by atoms with Crippen LogP contribution in [-0.2, 0) is 6.54 Å². The molecule has 5 heteroatoms. The van der Waals surface area contributed by atoms with Gasteiger partial charge in [0, 0.05) is 24.5 Å². The Morgan fingerprint density at radius 2 is 2.00 bits per heavy atom. The van der Waals surface area contributed by atoms with Gasteiger partial charge in [-0.2, -0.15) is 11.3 Å². The first-order valence-electron chi connectivity index (χ1n) is 6.94. The van der Waals surface area contributed by atoms with Gasteiger partial charge in [0.05, 0.1) is 5.69 Å². The second-order valence-electron chi connectivity index (χ2n) is 5.09. The van der Waals surface area contributed by atoms with E-state index in [0.29, 0.717) is 6.54 Å². The van der Waals surface area contributed by atoms with E-state index in [0.717, 1.165) is 26.7 Å². The van der Waals surface area contributed by atoms with Gasteiger partial charge in [-0.15, -0.1) is 11.3 Å². The van der Waals surface area contributed by atoms with Crippen molar-refractivity contribution < 1.29 is 4.79 Å². The summed E-state index contributed by atoms with van der Waals surface area (Å²) in [5.74, 6) is 0.0281. The van der Waals surface area contributed by atoms with Crippen molar-refractivity contribution in [1.29, 1.82) is 0 Å². The van der Waals surface area contributed by atoms with Gasteiger partial charge < -0.3 is 4.90 Å². The Labute approximate surface area is 137 Å². The number of aromatic nitrogens is 1. The molecule has 2 aromatic heterocycles. The molecule has 0 N–H and O–H groups in total. The molecular formula is C17H16N2OS2. The monoisotopic (exact) mass is 328 g/mol. The third-order valence-electron chi connectivity index (χ3n) is 3.37. The van der Waals surface area contributed by atoms with Gasteiger partial charge in [-0.25, -0.2) is 4.98 Å². The first-order valence-corrected chi connectivity index (χ1v) is 8.70. The Morgan fingerprint density at radius 3 is 2.68 bits per heavy atom. The van der Waals surface area contributed by atoms with Gasteiger partial charge in [0.2, 0.25) is 0 Å². The Balaban J connectivity index is 1.80. The molecule has 0 bridgehead atoms. The normalized spacial score (nSPS) is 10.6. The second kappa shape index (κ2) is 6.42. The van der Waals surface area contributed by atoms with Crippen molar-refractivity contribution in [2.45, 2.75) is 13.5 Å². The molecule has 0 aliphatic rings. The number of nitrogens with zero attached hydrogens (tertiary/aromatic N) is 2. The Kier molecular flexibility index (Phi) is 4.36. The molecule has 3 rings (SSSR count). The van der Waals surface area contributed by atoms with E-state index >= 15 is 0 Å². The van der Waals surface area contributed by atoms with E-state index in [2.05, 4.69) is 10.4 Å². The van der Waals surface area contributed by atoms with E-state index in [9.17, 15) is 4.79 Å². The average Bonchev–Trinajstić information content (AvgIpc) is 3.16. The lowest BCUT2D eigenvalue weighted by atomic mass is 10.2. The fourth-order valence-corrected chi connectivity index (χ4v) is 3.98. The average molecular weight is 328 g/mol. The fraction of sp³-hybridized carbons (Fsp3) is 0.176. The summed E-state index contributed by atoms with van der Waals surface area (Å²) < 4.78 is 0. The van der Waals surface area contributed by atoms with Gasteiger partial charge in [-0.05, 0) is 23.9 Å². The maximum atomic E-state index is 12.7. The van der Waals surface area contributed by atoms with E-state index in [4.69, 9.17) is 0 Å². The minimum atomic E-state index is 0.0281. The molecule has 0 unspecified atom stereocenters. The van der Waals surface area contributed by atoms with E-state index in [1.54, 1.807) is 16.2 Å². The molecule has 22 heavy (non-hydrogen) atoms. The number of thiophene rings is 1. The van der Waals surface area contributed by atoms with Crippen LogP contribution in [0, 0.1) is 6.92 Å². The highest BCUT2D eigenvalue weighted by Gasteiger charge is 2.19. The van der Waals surface area contributed by atoms with Crippen LogP contribution in [0.2, 0.25) is 0 Å². The molecule has 0 saturated carbocycles. The summed E-state index contributed by atoms with van der Waals surface area (Å²) in [7, 11) is 1.83. The highest BCUT2D eigenvalue weighted by atomic mass is 32.1. The molecule has 2 heterocycles. The van der Waals surface area contributed by atoms with Crippen LogP contribution in [0.3, 0.4) is 0 Å². The topological polar surface area (TPSA) is 33.2 Å². The fourth-order valence-electron chi connectivity index (χ4n) is 2.21. The van der Waals surface area contributed by atoms with E-state index < -0.39 is 0 Å². The number of carbonyl (C=O) groups excluding carboxylic acids is 1. The van der Waals surface area contributed by atoms with Gasteiger partial charge in [0.15, 0.2) is 0 Å². The van der Waals surface area contributed by atoms with Crippen LogP contribution < -0.4 is 0 Å². The maximum Gasteiger partial charge on any atom is 0.265 e. The van der Waals surface area contributed by atoms with Crippen molar-refractivity contribution in [3.63, 3.8) is 0 Å². The van der Waals surface area contributed by atoms with Gasteiger partial charge in [-0.1, -0.05) is 30.3 Å². The molecule has 1 amide bonds. The highest BCUT2D eigenvalue weighted by molar-refractivity contribution is 7.17. The van der Waals surface area contributed by atoms with Crippen LogP contribution in [-0.4, -0.2) is 22.8 Å². The predicted octanol–water partition coefficient (Wildman–Crippen LogP) is 4.45. The van der Waals surface area contributed by atoms with Crippen molar-refractivity contribution in [3.05, 3.63) is 63.3 Å². The lowest BCUT2D eigenvalue weighted by Crippen LogP contribution is -2.26. The third-order valence-corrected chi connectivity index (χ3v) is 5.25. The van der Waals surface area contributed by atoms with Crippen molar-refractivity contribution in [3.8, 4) is 10.6 Å². The number of aryl methyl sites for hydroxylation is 1. The minimum absolute atomic E-state index is 0.0281. The summed E-state index contributed by atoms with van der Waals surface area (Å²) in [6.45, 7) is 2.50. The lowest BCUT2D eigenvalue weighted by Gasteiger charge is -2.16. The summed E-state index contributed by atoms with van der Waals surface area (Å²) in [6, 6.07) is 12.0. The van der Waals surface area contributed by atoms with Crippen LogP contribution in [0.15, 0.2) is 47.2 Å². The molecule has 0 saturated heterocycles. The van der Waals surface area contributed by atoms with Crippen molar-refractivity contribution >= 4 is 28.6 Å². The molecule has 0 spiro atoms. The van der Waals surface area contributed by atoms with E-state index in [-0.39, 0.29) is 5.91 Å². The number of thiazole rings is 1. The number of amides is 1. The molecule has 0 fully saturated rings. The van der Waals surface area contributed by atoms with Crippen LogP contribution in [0.25, 0.3) is 10.6 Å². The van der Waals surface area contributed by atoms with Crippen LogP contribution in [0.5, 0.6) is 0 Å². The number of carbonyl (C=O) groups is 1. The number of rotatable bonds is 4. The number of hydrogen-bond acceptors (Lipinski definition) is 4. The zero-order chi connectivity index (χ0) is 15.5. The Bertz CT molecular complexity index is 763. The van der Waals surface area contributed by atoms with Gasteiger partial charge in [-0.3, -0.25) is 4.79 Å². The standard InChI is InChI=1S/C17H16N2OS2/c1-12-15(22-16(18-12)14-8-9-21-11-14)17(20)19(2)10-13-6-4-3-5-7-13/h3-9,11H,10H2,1-2H3. The molecule has 3 nitrogen and oxygen atoms in total. The Hall–Kier alpha value is -1.98. The molecule has 0 aliphatic heterocycles. The predicted molar refractivity (Wildman–Crippen MR) is 92.4 cm³/mol. The zero-order valence-electron chi connectivity index (χ0n) is 12.4. The zero-order valence-corrected chi connectivity index (χ0v) is 14.1. The SMILES string of the molecule is Cc1nc(-c2ccsc2)sc1C(=O)N(C)Cc1ccccc1. The number of benzene rings is 1. The molecule has 112 valence electrons. The maximum absolute atomic E-state index is 12.7. The van der Waals surface area contributed by atoms with Crippen LogP contribution >= 0.6 is 22.7 Å². The summed E-state index contributed by atoms with van der Waals surface area (Å²) in [5.41, 5.74) is 3.01. The van der Waals surface area contributed by atoms with Crippen LogP contribution in [0.4, 0.5) is 0 Å². The summed E-state index contributed by atoms with van der Waals surface area (Å²) >= 11 is 3.11. The summed E-state index contributed by atoms with van der Waals surface area (Å²) in [6.07, 6.45) is 0. The second-order valence-corrected chi connectivity index (χ2v) is 6.87. The van der Waals surface area contributed by atoms with Gasteiger partial charge in [0.1, 0.15) is 9.88 Å². The molecule has 3 aromatic rings. The molecule has 0 aliphatic carbocycles. The lowest BCUT2D eigenvalue weighted by molar-refractivity contribution is 0.0789. The van der Waals surface area contributed by atoms with Crippen LogP contribution in [0.1, 0.15) is 20.9 Å². The first-order chi connectivity index (χ1) is 10.6. The van der Waals surface area contributed by atoms with E-state index in [1.807, 2.05) is 55.7 Å². The molecule has 1 aromatic carbocycles. The molecular weight excluding hydrogens is 312 g/mol. The molecule has 0 atom stereocenters. The summed E-state index contributed by atoms with van der Waals surface area (Å²) in [4.78, 5) is 19.7.